The number of hydrogen-bond acceptors (Lipinski definition) is 8. The predicted molar refractivity (Wildman–Crippen MR) is 125 cm³/mol. The van der Waals surface area contributed by atoms with Gasteiger partial charge in [-0.15, -0.1) is 10.2 Å². The lowest BCUT2D eigenvalue weighted by Crippen LogP contribution is -2.29. The average molecular weight is 482 g/mol. The molecule has 34 heavy (non-hydrogen) atoms. The van der Waals surface area contributed by atoms with Crippen LogP contribution in [0.15, 0.2) is 45.6 Å². The Morgan fingerprint density at radius 3 is 2.62 bits per heavy atom. The van der Waals surface area contributed by atoms with E-state index in [0.29, 0.717) is 28.6 Å². The van der Waals surface area contributed by atoms with Crippen molar-refractivity contribution in [3.05, 3.63) is 74.3 Å². The zero-order valence-electron chi connectivity index (χ0n) is 18.6. The second kappa shape index (κ2) is 8.53. The van der Waals surface area contributed by atoms with Crippen LogP contribution in [0.5, 0.6) is 11.5 Å². The fourth-order valence-electron chi connectivity index (χ4n) is 4.14. The van der Waals surface area contributed by atoms with Gasteiger partial charge in [-0.05, 0) is 42.3 Å². The van der Waals surface area contributed by atoms with Crippen molar-refractivity contribution in [1.29, 1.82) is 0 Å². The highest BCUT2D eigenvalue weighted by atomic mass is 32.1. The van der Waals surface area contributed by atoms with Crippen molar-refractivity contribution in [2.45, 2.75) is 25.8 Å². The zero-order valence-corrected chi connectivity index (χ0v) is 19.4. The van der Waals surface area contributed by atoms with E-state index < -0.39 is 23.2 Å². The van der Waals surface area contributed by atoms with Gasteiger partial charge in [0.15, 0.2) is 16.9 Å². The summed E-state index contributed by atoms with van der Waals surface area (Å²) < 4.78 is 30.6. The van der Waals surface area contributed by atoms with E-state index >= 15 is 0 Å². The van der Waals surface area contributed by atoms with E-state index in [-0.39, 0.29) is 22.3 Å². The number of fused-ring (bicyclic) bond motifs is 2. The lowest BCUT2D eigenvalue weighted by atomic mass is 9.98. The molecule has 0 saturated heterocycles. The van der Waals surface area contributed by atoms with Crippen molar-refractivity contribution >= 4 is 33.3 Å². The lowest BCUT2D eigenvalue weighted by Gasteiger charge is -2.23. The molecule has 0 saturated carbocycles. The molecule has 0 radical (unpaired) electrons. The van der Waals surface area contributed by atoms with Crippen molar-refractivity contribution in [1.82, 2.24) is 10.2 Å². The molecule has 174 valence electrons. The standard InChI is InChI=1S/C24H20FN3O5S/c1-4-5-18-26-27-24(34-18)28-20(12-6-8-16(31-2)17(10-12)32-3)19-21(29)14-11-13(25)7-9-15(14)33-22(19)23(28)30/h6-11,20H,4-5H2,1-3H3. The first kappa shape index (κ1) is 22.0. The number of rotatable bonds is 6. The van der Waals surface area contributed by atoms with E-state index in [1.54, 1.807) is 18.2 Å². The second-order valence-corrected chi connectivity index (χ2v) is 8.78. The SMILES string of the molecule is CCCc1nnc(N2C(=O)c3oc4ccc(F)cc4c(=O)c3C2c2ccc(OC)c(OC)c2)s1. The molecule has 2 aromatic carbocycles. The predicted octanol–water partition coefficient (Wildman–Crippen LogP) is 4.50. The zero-order chi connectivity index (χ0) is 24.0. The Labute approximate surface area is 197 Å². The first-order valence-corrected chi connectivity index (χ1v) is 11.4. The van der Waals surface area contributed by atoms with Gasteiger partial charge in [0.1, 0.15) is 16.4 Å². The molecule has 5 rings (SSSR count). The minimum atomic E-state index is -0.867. The Kier molecular flexibility index (Phi) is 5.52. The third-order valence-corrected chi connectivity index (χ3v) is 6.66. The number of carbonyl (C=O) groups excluding carboxylic acids is 1. The molecular formula is C24H20FN3O5S. The Morgan fingerprint density at radius 1 is 1.09 bits per heavy atom. The molecule has 1 amide bonds. The maximum absolute atomic E-state index is 14.0. The van der Waals surface area contributed by atoms with Crippen LogP contribution in [0, 0.1) is 5.82 Å². The van der Waals surface area contributed by atoms with Crippen LogP contribution in [0.1, 0.15) is 46.1 Å². The number of benzene rings is 2. The molecule has 3 heterocycles. The van der Waals surface area contributed by atoms with Gasteiger partial charge in [-0.3, -0.25) is 14.5 Å². The molecule has 0 spiro atoms. The van der Waals surface area contributed by atoms with Gasteiger partial charge in [-0.25, -0.2) is 4.39 Å². The molecule has 0 N–H and O–H groups in total. The Bertz CT molecular complexity index is 1480. The number of aryl methyl sites for hydroxylation is 1. The number of amides is 1. The van der Waals surface area contributed by atoms with Gasteiger partial charge >= 0.3 is 0 Å². The van der Waals surface area contributed by atoms with Crippen LogP contribution < -0.4 is 19.8 Å². The Morgan fingerprint density at radius 2 is 1.88 bits per heavy atom. The lowest BCUT2D eigenvalue weighted by molar-refractivity contribution is 0.0970. The van der Waals surface area contributed by atoms with Crippen molar-refractivity contribution in [3.8, 4) is 11.5 Å². The Balaban J connectivity index is 1.77. The summed E-state index contributed by atoms with van der Waals surface area (Å²) >= 11 is 1.28. The van der Waals surface area contributed by atoms with Crippen LogP contribution in [0.25, 0.3) is 11.0 Å². The molecule has 1 unspecified atom stereocenters. The molecule has 4 aromatic rings. The summed E-state index contributed by atoms with van der Waals surface area (Å²) in [6, 6.07) is 7.91. The van der Waals surface area contributed by atoms with Crippen molar-refractivity contribution < 1.29 is 23.1 Å². The molecule has 1 aliphatic rings. The summed E-state index contributed by atoms with van der Waals surface area (Å²) in [7, 11) is 3.02. The molecule has 1 atom stereocenters. The van der Waals surface area contributed by atoms with Gasteiger partial charge in [-0.2, -0.15) is 0 Å². The smallest absolute Gasteiger partial charge is 0.297 e. The van der Waals surface area contributed by atoms with Crippen LogP contribution in [0.3, 0.4) is 0 Å². The fraction of sp³-hybridized carbons (Fsp3) is 0.250. The van der Waals surface area contributed by atoms with E-state index in [9.17, 15) is 14.0 Å². The van der Waals surface area contributed by atoms with Crippen LogP contribution in [0.2, 0.25) is 0 Å². The Hall–Kier alpha value is -3.79. The molecule has 1 aliphatic heterocycles. The molecule has 2 aromatic heterocycles. The third-order valence-electron chi connectivity index (χ3n) is 5.68. The van der Waals surface area contributed by atoms with Crippen LogP contribution >= 0.6 is 11.3 Å². The summed E-state index contributed by atoms with van der Waals surface area (Å²) in [5.74, 6) is -0.262. The molecule has 0 bridgehead atoms. The van der Waals surface area contributed by atoms with Gasteiger partial charge in [0, 0.05) is 6.42 Å². The van der Waals surface area contributed by atoms with Crippen molar-refractivity contribution in [2.75, 3.05) is 19.1 Å². The monoisotopic (exact) mass is 481 g/mol. The molecular weight excluding hydrogens is 461 g/mol. The maximum Gasteiger partial charge on any atom is 0.297 e. The van der Waals surface area contributed by atoms with Gasteiger partial charge in [0.25, 0.3) is 5.91 Å². The van der Waals surface area contributed by atoms with Gasteiger partial charge in [0.05, 0.1) is 31.2 Å². The van der Waals surface area contributed by atoms with Crippen LogP contribution in [-0.4, -0.2) is 30.3 Å². The third kappa shape index (κ3) is 3.41. The number of nitrogens with zero attached hydrogens (tertiary/aromatic N) is 3. The number of carbonyl (C=O) groups is 1. The normalized spacial score (nSPS) is 15.1. The number of ether oxygens (including phenoxy) is 2. The van der Waals surface area contributed by atoms with Gasteiger partial charge in [-0.1, -0.05) is 24.3 Å². The molecule has 10 heteroatoms. The van der Waals surface area contributed by atoms with Crippen molar-refractivity contribution in [2.24, 2.45) is 0 Å². The average Bonchev–Trinajstić information content (AvgIpc) is 3.41. The largest absolute Gasteiger partial charge is 0.493 e. The molecule has 0 aliphatic carbocycles. The highest BCUT2D eigenvalue weighted by Gasteiger charge is 2.45. The fourth-order valence-corrected chi connectivity index (χ4v) is 5.10. The number of halogens is 1. The van der Waals surface area contributed by atoms with E-state index in [0.717, 1.165) is 17.5 Å². The number of aromatic nitrogens is 2. The summed E-state index contributed by atoms with van der Waals surface area (Å²) in [6.45, 7) is 2.03. The topological polar surface area (TPSA) is 94.8 Å². The summed E-state index contributed by atoms with van der Waals surface area (Å²) in [4.78, 5) is 28.6. The van der Waals surface area contributed by atoms with E-state index in [1.165, 1.54) is 42.6 Å². The summed E-state index contributed by atoms with van der Waals surface area (Å²) in [5, 5.41) is 9.60. The van der Waals surface area contributed by atoms with E-state index in [2.05, 4.69) is 10.2 Å². The summed E-state index contributed by atoms with van der Waals surface area (Å²) in [5.41, 5.74) is 0.350. The highest BCUT2D eigenvalue weighted by Crippen LogP contribution is 2.44. The first-order chi connectivity index (χ1) is 16.5. The van der Waals surface area contributed by atoms with Gasteiger partial charge in [0.2, 0.25) is 10.9 Å². The first-order valence-electron chi connectivity index (χ1n) is 10.6. The summed E-state index contributed by atoms with van der Waals surface area (Å²) in [6.07, 6.45) is 1.59. The van der Waals surface area contributed by atoms with E-state index in [4.69, 9.17) is 13.9 Å². The maximum atomic E-state index is 14.0. The number of methoxy groups -OCH3 is 2. The van der Waals surface area contributed by atoms with Gasteiger partial charge < -0.3 is 13.9 Å². The quantitative estimate of drug-likeness (QED) is 0.400. The number of anilines is 1. The second-order valence-electron chi connectivity index (χ2n) is 7.73. The van der Waals surface area contributed by atoms with E-state index in [1.807, 2.05) is 6.92 Å². The van der Waals surface area contributed by atoms with Crippen LogP contribution in [0.4, 0.5) is 9.52 Å². The highest BCUT2D eigenvalue weighted by molar-refractivity contribution is 7.15. The minimum absolute atomic E-state index is 0.0582. The minimum Gasteiger partial charge on any atom is -0.493 e. The number of hydrogen-bond donors (Lipinski definition) is 0. The molecule has 0 fully saturated rings. The van der Waals surface area contributed by atoms with Crippen LogP contribution in [-0.2, 0) is 6.42 Å². The van der Waals surface area contributed by atoms with Crippen molar-refractivity contribution in [3.63, 3.8) is 0 Å². The molecule has 8 nitrogen and oxygen atoms in total.